The lowest BCUT2D eigenvalue weighted by Gasteiger charge is -2.30. The summed E-state index contributed by atoms with van der Waals surface area (Å²) in [6, 6.07) is 3.49. The van der Waals surface area contributed by atoms with Crippen LogP contribution in [0.1, 0.15) is 25.3 Å². The van der Waals surface area contributed by atoms with Crippen LogP contribution >= 0.6 is 11.6 Å². The Hall–Kier alpha value is -3.07. The van der Waals surface area contributed by atoms with Crippen molar-refractivity contribution in [2.24, 2.45) is 0 Å². The lowest BCUT2D eigenvalue weighted by Crippen LogP contribution is -2.41. The van der Waals surface area contributed by atoms with Crippen LogP contribution in [-0.4, -0.2) is 28.7 Å². The Morgan fingerprint density at radius 3 is 2.71 bits per heavy atom. The Balaban J connectivity index is 2.12. The number of fused-ring (bicyclic) bond motifs is 3. The van der Waals surface area contributed by atoms with Gasteiger partial charge in [-0.1, -0.05) is 37.3 Å². The number of rotatable bonds is 5. The number of nitrogens with zero attached hydrogens (tertiary/aromatic N) is 2. The molecule has 1 aromatic carbocycles. The average Bonchev–Trinajstić information content (AvgIpc) is 2.91. The number of benzene rings is 1. The molecule has 0 bridgehead atoms. The van der Waals surface area contributed by atoms with E-state index in [1.807, 2.05) is 0 Å². The number of alkyl halides is 3. The molecular weight excluding hydrogens is 435 g/mol. The molecule has 1 aliphatic rings. The third kappa shape index (κ3) is 4.51. The molecule has 10 heteroatoms. The molecule has 1 aromatic heterocycles. The van der Waals surface area contributed by atoms with Gasteiger partial charge in [-0.3, -0.25) is 14.9 Å². The van der Waals surface area contributed by atoms with E-state index in [0.29, 0.717) is 27.7 Å². The molecule has 31 heavy (non-hydrogen) atoms. The zero-order chi connectivity index (χ0) is 23.1. The van der Waals surface area contributed by atoms with Crippen molar-refractivity contribution >= 4 is 28.2 Å². The van der Waals surface area contributed by atoms with Crippen LogP contribution in [0, 0.1) is 10.1 Å². The number of hydrogen-bond acceptors (Lipinski definition) is 4. The summed E-state index contributed by atoms with van der Waals surface area (Å²) in [5, 5.41) is 11.4. The van der Waals surface area contributed by atoms with Crippen molar-refractivity contribution in [2.45, 2.75) is 32.0 Å². The highest BCUT2D eigenvalue weighted by Crippen LogP contribution is 2.48. The van der Waals surface area contributed by atoms with Gasteiger partial charge in [0.15, 0.2) is 0 Å². The molecule has 1 N–H and O–H groups in total. The smallest absolute Gasteiger partial charge is 0.355 e. The summed E-state index contributed by atoms with van der Waals surface area (Å²) in [5.41, 5.74) is 1.20. The highest BCUT2D eigenvalue weighted by atomic mass is 35.5. The van der Waals surface area contributed by atoms with Gasteiger partial charge in [0.25, 0.3) is 0 Å². The number of H-pyrrole nitrogens is 1. The van der Waals surface area contributed by atoms with Crippen molar-refractivity contribution in [2.75, 3.05) is 11.4 Å². The van der Waals surface area contributed by atoms with Gasteiger partial charge in [-0.2, -0.15) is 13.2 Å². The highest BCUT2D eigenvalue weighted by molar-refractivity contribution is 6.35. The van der Waals surface area contributed by atoms with Gasteiger partial charge >= 0.3 is 6.18 Å². The molecule has 2 heterocycles. The molecule has 0 amide bonds. The quantitative estimate of drug-likeness (QED) is 0.377. The maximum absolute atomic E-state index is 13.4. The lowest BCUT2D eigenvalue weighted by atomic mass is 9.90. The summed E-state index contributed by atoms with van der Waals surface area (Å²) in [6.07, 6.45) is -0.363. The molecule has 0 saturated heterocycles. The Morgan fingerprint density at radius 1 is 1.42 bits per heavy atom. The average molecular weight is 454 g/mol. The Labute approximate surface area is 180 Å². The molecule has 164 valence electrons. The van der Waals surface area contributed by atoms with Crippen LogP contribution in [0.4, 0.5) is 18.9 Å². The van der Waals surface area contributed by atoms with Crippen molar-refractivity contribution in [3.05, 3.63) is 85.3 Å². The predicted octanol–water partition coefficient (Wildman–Crippen LogP) is 5.33. The first-order chi connectivity index (χ1) is 14.4. The molecule has 2 aromatic rings. The van der Waals surface area contributed by atoms with Gasteiger partial charge in [-0.05, 0) is 23.3 Å². The number of halogens is 4. The van der Waals surface area contributed by atoms with Gasteiger partial charge in [0.05, 0.1) is 21.5 Å². The number of pyridine rings is 1. The van der Waals surface area contributed by atoms with E-state index in [1.54, 1.807) is 6.92 Å². The first kappa shape index (κ1) is 22.6. The minimum absolute atomic E-state index is 0.110. The number of nitro groups is 1. The van der Waals surface area contributed by atoms with Gasteiger partial charge in [0, 0.05) is 36.1 Å². The molecule has 3 rings (SSSR count). The van der Waals surface area contributed by atoms with Crippen LogP contribution in [0.2, 0.25) is 5.02 Å². The third-order valence-electron chi connectivity index (χ3n) is 5.22. The zero-order valence-electron chi connectivity index (χ0n) is 16.7. The maximum Gasteiger partial charge on any atom is 0.405 e. The molecular formula is C21H19ClF3N3O3. The highest BCUT2D eigenvalue weighted by Gasteiger charge is 2.43. The summed E-state index contributed by atoms with van der Waals surface area (Å²) >= 11 is 6.30. The van der Waals surface area contributed by atoms with Crippen LogP contribution in [-0.2, 0) is 0 Å². The maximum atomic E-state index is 13.4. The standard InChI is InChI=1S/C21H19ClF3N3O3/c1-11(5-4-6-12(2)28(30)31)20-13(3)18-16(27(20)10-21(23,24)25)8-7-15-19(18)14(22)9-17(29)26-15/h4-9,13,20H,1,10H2,2-3H3,(H,26,29)/b5-4-,12-6+. The van der Waals surface area contributed by atoms with Crippen LogP contribution in [0.5, 0.6) is 0 Å². The van der Waals surface area contributed by atoms with Crippen molar-refractivity contribution < 1.29 is 18.1 Å². The monoisotopic (exact) mass is 453 g/mol. The molecule has 0 aliphatic carbocycles. The van der Waals surface area contributed by atoms with Gasteiger partial charge < -0.3 is 9.88 Å². The van der Waals surface area contributed by atoms with E-state index >= 15 is 0 Å². The fraction of sp³-hybridized carbons (Fsp3) is 0.286. The van der Waals surface area contributed by atoms with E-state index in [2.05, 4.69) is 11.6 Å². The number of allylic oxidation sites excluding steroid dienone is 3. The largest absolute Gasteiger partial charge is 0.405 e. The van der Waals surface area contributed by atoms with Crippen molar-refractivity contribution in [3.63, 3.8) is 0 Å². The van der Waals surface area contributed by atoms with E-state index in [-0.39, 0.29) is 10.7 Å². The molecule has 2 unspecified atom stereocenters. The molecule has 2 atom stereocenters. The SMILES string of the molecule is C=C(/C=C\C=C(/C)[N+](=O)[O-])C1C(C)c2c(ccc3[nH]c(=O)cc(Cl)c23)N1CC(F)(F)F. The fourth-order valence-electron chi connectivity index (χ4n) is 3.98. The van der Waals surface area contributed by atoms with Crippen molar-refractivity contribution in [3.8, 4) is 0 Å². The second kappa shape index (κ2) is 8.22. The number of nitrogens with one attached hydrogen (secondary N) is 1. The Bertz CT molecular complexity index is 1180. The summed E-state index contributed by atoms with van der Waals surface area (Å²) in [6.45, 7) is 5.79. The summed E-state index contributed by atoms with van der Waals surface area (Å²) in [7, 11) is 0. The second-order valence-electron chi connectivity index (χ2n) is 7.38. The Morgan fingerprint density at radius 2 is 2.10 bits per heavy atom. The molecule has 0 radical (unpaired) electrons. The summed E-state index contributed by atoms with van der Waals surface area (Å²) in [5.74, 6) is -0.442. The number of aromatic nitrogens is 1. The molecule has 6 nitrogen and oxygen atoms in total. The van der Waals surface area contributed by atoms with Crippen LogP contribution in [0.25, 0.3) is 10.9 Å². The molecule has 1 aliphatic heterocycles. The number of anilines is 1. The summed E-state index contributed by atoms with van der Waals surface area (Å²) < 4.78 is 40.2. The zero-order valence-corrected chi connectivity index (χ0v) is 17.4. The minimum atomic E-state index is -4.48. The third-order valence-corrected chi connectivity index (χ3v) is 5.51. The molecule has 0 saturated carbocycles. The van der Waals surface area contributed by atoms with Gasteiger partial charge in [-0.25, -0.2) is 0 Å². The van der Waals surface area contributed by atoms with E-state index in [1.165, 1.54) is 48.3 Å². The van der Waals surface area contributed by atoms with Crippen molar-refractivity contribution in [1.29, 1.82) is 0 Å². The normalized spacial score (nSPS) is 19.3. The minimum Gasteiger partial charge on any atom is -0.355 e. The van der Waals surface area contributed by atoms with Crippen LogP contribution < -0.4 is 10.5 Å². The van der Waals surface area contributed by atoms with Gasteiger partial charge in [0.1, 0.15) is 6.54 Å². The topological polar surface area (TPSA) is 79.2 Å². The first-order valence-corrected chi connectivity index (χ1v) is 9.65. The fourth-order valence-corrected chi connectivity index (χ4v) is 4.29. The van der Waals surface area contributed by atoms with Gasteiger partial charge in [0.2, 0.25) is 11.3 Å². The summed E-state index contributed by atoms with van der Waals surface area (Å²) in [4.78, 5) is 25.8. The van der Waals surface area contributed by atoms with Crippen LogP contribution in [0.3, 0.4) is 0 Å². The predicted molar refractivity (Wildman–Crippen MR) is 114 cm³/mol. The molecule has 0 fully saturated rings. The van der Waals surface area contributed by atoms with E-state index in [0.717, 1.165) is 0 Å². The van der Waals surface area contributed by atoms with Crippen molar-refractivity contribution in [1.82, 2.24) is 4.98 Å². The Kier molecular flexibility index (Phi) is 6.00. The number of hydrogen-bond donors (Lipinski definition) is 1. The van der Waals surface area contributed by atoms with Gasteiger partial charge in [-0.15, -0.1) is 0 Å². The van der Waals surface area contributed by atoms with E-state index in [9.17, 15) is 28.1 Å². The molecule has 0 spiro atoms. The van der Waals surface area contributed by atoms with E-state index < -0.39 is 35.2 Å². The van der Waals surface area contributed by atoms with Crippen LogP contribution in [0.15, 0.2) is 59.1 Å². The second-order valence-corrected chi connectivity index (χ2v) is 7.79. The van der Waals surface area contributed by atoms with E-state index in [4.69, 9.17) is 11.6 Å². The first-order valence-electron chi connectivity index (χ1n) is 9.27. The lowest BCUT2D eigenvalue weighted by molar-refractivity contribution is -0.424. The number of aromatic amines is 1.